The molecule has 0 atom stereocenters. The van der Waals surface area contributed by atoms with E-state index in [2.05, 4.69) is 5.32 Å². The zero-order valence-electron chi connectivity index (χ0n) is 6.22. The highest BCUT2D eigenvalue weighted by Crippen LogP contribution is 2.08. The Hall–Kier alpha value is -0.570. The molecular formula is C7H13NO2. The maximum Gasteiger partial charge on any atom is 0.306 e. The van der Waals surface area contributed by atoms with Gasteiger partial charge >= 0.3 is 5.97 Å². The average molecular weight is 143 g/mol. The molecule has 0 unspecified atom stereocenters. The van der Waals surface area contributed by atoms with Crippen molar-refractivity contribution >= 4 is 5.97 Å². The van der Waals surface area contributed by atoms with Crippen LogP contribution in [0.4, 0.5) is 0 Å². The highest BCUT2D eigenvalue weighted by atomic mass is 16.5. The Bertz CT molecular complexity index is 121. The van der Waals surface area contributed by atoms with Crippen LogP contribution in [0, 0.1) is 5.92 Å². The number of nitrogens with one attached hydrogen (secondary N) is 1. The Labute approximate surface area is 60.7 Å². The summed E-state index contributed by atoms with van der Waals surface area (Å²) < 4.78 is 4.78. The quantitative estimate of drug-likeness (QED) is 0.572. The Balaban J connectivity index is 2.05. The monoisotopic (exact) mass is 143 g/mol. The van der Waals surface area contributed by atoms with E-state index in [-0.39, 0.29) is 5.97 Å². The fourth-order valence-corrected chi connectivity index (χ4v) is 0.948. The second kappa shape index (κ2) is 3.56. The number of esters is 1. The summed E-state index contributed by atoms with van der Waals surface area (Å²) in [5, 5.41) is 3.10. The molecule has 1 aliphatic rings. The molecule has 0 aromatic heterocycles. The smallest absolute Gasteiger partial charge is 0.306 e. The molecule has 1 heterocycles. The predicted octanol–water partition coefficient (Wildman–Crippen LogP) is 0.159. The van der Waals surface area contributed by atoms with E-state index in [9.17, 15) is 4.79 Å². The van der Waals surface area contributed by atoms with Crippen LogP contribution in [0.2, 0.25) is 0 Å². The third-order valence-corrected chi connectivity index (χ3v) is 1.63. The first kappa shape index (κ1) is 7.54. The van der Waals surface area contributed by atoms with Crippen LogP contribution in [0.5, 0.6) is 0 Å². The van der Waals surface area contributed by atoms with Gasteiger partial charge in [0.1, 0.15) is 0 Å². The minimum Gasteiger partial charge on any atom is -0.466 e. The van der Waals surface area contributed by atoms with Gasteiger partial charge < -0.3 is 10.1 Å². The van der Waals surface area contributed by atoms with Gasteiger partial charge in [-0.15, -0.1) is 0 Å². The highest BCUT2D eigenvalue weighted by Gasteiger charge is 2.20. The van der Waals surface area contributed by atoms with Gasteiger partial charge in [0, 0.05) is 0 Å². The Morgan fingerprint density at radius 3 is 2.80 bits per heavy atom. The summed E-state index contributed by atoms with van der Waals surface area (Å²) in [6.45, 7) is 4.27. The molecule has 0 aliphatic carbocycles. The van der Waals surface area contributed by atoms with E-state index in [1.54, 1.807) is 0 Å². The zero-order valence-corrected chi connectivity index (χ0v) is 6.22. The predicted molar refractivity (Wildman–Crippen MR) is 37.6 cm³/mol. The molecule has 0 saturated carbocycles. The molecule has 1 N–H and O–H groups in total. The van der Waals surface area contributed by atoms with Gasteiger partial charge in [-0.2, -0.15) is 0 Å². The van der Waals surface area contributed by atoms with Crippen molar-refractivity contribution in [2.45, 2.75) is 13.3 Å². The summed E-state index contributed by atoms with van der Waals surface area (Å²) in [6.07, 6.45) is 0.584. The zero-order chi connectivity index (χ0) is 7.40. The van der Waals surface area contributed by atoms with Gasteiger partial charge in [0.2, 0.25) is 0 Å². The molecule has 58 valence electrons. The maximum atomic E-state index is 10.8. The molecule has 0 aromatic rings. The molecule has 10 heavy (non-hydrogen) atoms. The molecule has 3 heteroatoms. The number of hydrogen-bond acceptors (Lipinski definition) is 3. The van der Waals surface area contributed by atoms with E-state index in [0.717, 1.165) is 13.1 Å². The van der Waals surface area contributed by atoms with Crippen LogP contribution in [0.25, 0.3) is 0 Å². The van der Waals surface area contributed by atoms with E-state index in [0.29, 0.717) is 18.9 Å². The molecule has 3 nitrogen and oxygen atoms in total. The van der Waals surface area contributed by atoms with Crippen molar-refractivity contribution < 1.29 is 9.53 Å². The third-order valence-electron chi connectivity index (χ3n) is 1.63. The van der Waals surface area contributed by atoms with Crippen LogP contribution in [0.3, 0.4) is 0 Å². The second-order valence-electron chi connectivity index (χ2n) is 2.53. The standard InChI is InChI=1S/C7H13NO2/c1-2-10-7(9)3-6-4-8-5-6/h6,8H,2-5H2,1H3. The molecule has 0 amide bonds. The summed E-state index contributed by atoms with van der Waals surface area (Å²) in [6, 6.07) is 0. The van der Waals surface area contributed by atoms with Crippen molar-refractivity contribution in [3.05, 3.63) is 0 Å². The molecule has 0 spiro atoms. The van der Waals surface area contributed by atoms with E-state index < -0.39 is 0 Å². The van der Waals surface area contributed by atoms with Gasteiger partial charge in [-0.1, -0.05) is 0 Å². The molecule has 1 saturated heterocycles. The normalized spacial score (nSPS) is 18.1. The molecule has 1 rings (SSSR count). The maximum absolute atomic E-state index is 10.8. The summed E-state index contributed by atoms with van der Waals surface area (Å²) >= 11 is 0. The van der Waals surface area contributed by atoms with E-state index in [4.69, 9.17) is 4.74 Å². The lowest BCUT2D eigenvalue weighted by molar-refractivity contribution is -0.144. The first-order valence-corrected chi connectivity index (χ1v) is 3.69. The molecule has 1 aliphatic heterocycles. The largest absolute Gasteiger partial charge is 0.466 e. The molecule has 0 aromatic carbocycles. The Kier molecular flexibility index (Phi) is 2.68. The van der Waals surface area contributed by atoms with Crippen LogP contribution >= 0.6 is 0 Å². The van der Waals surface area contributed by atoms with Crippen molar-refractivity contribution in [2.24, 2.45) is 5.92 Å². The van der Waals surface area contributed by atoms with Crippen LogP contribution in [0.1, 0.15) is 13.3 Å². The lowest BCUT2D eigenvalue weighted by Gasteiger charge is -2.25. The van der Waals surface area contributed by atoms with Crippen LogP contribution in [-0.2, 0) is 9.53 Å². The number of rotatable bonds is 3. The second-order valence-corrected chi connectivity index (χ2v) is 2.53. The summed E-state index contributed by atoms with van der Waals surface area (Å²) in [7, 11) is 0. The minimum absolute atomic E-state index is 0.0611. The van der Waals surface area contributed by atoms with Crippen LogP contribution in [0.15, 0.2) is 0 Å². The van der Waals surface area contributed by atoms with Crippen molar-refractivity contribution in [3.63, 3.8) is 0 Å². The third kappa shape index (κ3) is 1.99. The van der Waals surface area contributed by atoms with Crippen LogP contribution < -0.4 is 5.32 Å². The van der Waals surface area contributed by atoms with Gasteiger partial charge in [-0.3, -0.25) is 4.79 Å². The summed E-state index contributed by atoms with van der Waals surface area (Å²) in [5.41, 5.74) is 0. The topological polar surface area (TPSA) is 38.3 Å². The summed E-state index contributed by atoms with van der Waals surface area (Å²) in [4.78, 5) is 10.8. The Morgan fingerprint density at radius 2 is 2.40 bits per heavy atom. The first-order chi connectivity index (χ1) is 4.83. The molecule has 1 fully saturated rings. The fraction of sp³-hybridized carbons (Fsp3) is 0.857. The van der Waals surface area contributed by atoms with Gasteiger partial charge in [0.15, 0.2) is 0 Å². The lowest BCUT2D eigenvalue weighted by atomic mass is 10.00. The number of hydrogen-bond donors (Lipinski definition) is 1. The van der Waals surface area contributed by atoms with E-state index >= 15 is 0 Å². The molecule has 0 bridgehead atoms. The van der Waals surface area contributed by atoms with Crippen LogP contribution in [-0.4, -0.2) is 25.7 Å². The fourth-order valence-electron chi connectivity index (χ4n) is 0.948. The Morgan fingerprint density at radius 1 is 1.70 bits per heavy atom. The highest BCUT2D eigenvalue weighted by molar-refractivity contribution is 5.69. The van der Waals surface area contributed by atoms with Crippen molar-refractivity contribution in [2.75, 3.05) is 19.7 Å². The van der Waals surface area contributed by atoms with Crippen molar-refractivity contribution in [1.82, 2.24) is 5.32 Å². The summed E-state index contributed by atoms with van der Waals surface area (Å²) in [5.74, 6) is 0.466. The lowest BCUT2D eigenvalue weighted by Crippen LogP contribution is -2.43. The van der Waals surface area contributed by atoms with E-state index in [1.807, 2.05) is 6.92 Å². The number of carbonyl (C=O) groups is 1. The van der Waals surface area contributed by atoms with Gasteiger partial charge in [-0.25, -0.2) is 0 Å². The van der Waals surface area contributed by atoms with Gasteiger partial charge in [-0.05, 0) is 25.9 Å². The molecule has 0 radical (unpaired) electrons. The van der Waals surface area contributed by atoms with Crippen molar-refractivity contribution in [1.29, 1.82) is 0 Å². The number of ether oxygens (including phenoxy) is 1. The van der Waals surface area contributed by atoms with E-state index in [1.165, 1.54) is 0 Å². The molecular weight excluding hydrogens is 130 g/mol. The minimum atomic E-state index is -0.0611. The number of carbonyl (C=O) groups excluding carboxylic acids is 1. The first-order valence-electron chi connectivity index (χ1n) is 3.69. The SMILES string of the molecule is CCOC(=O)CC1CNC1. The van der Waals surface area contributed by atoms with Gasteiger partial charge in [0.05, 0.1) is 13.0 Å². The van der Waals surface area contributed by atoms with Gasteiger partial charge in [0.25, 0.3) is 0 Å². The van der Waals surface area contributed by atoms with Crippen molar-refractivity contribution in [3.8, 4) is 0 Å². The average Bonchev–Trinajstić information content (AvgIpc) is 1.80.